The topological polar surface area (TPSA) is 47.3 Å². The monoisotopic (exact) mass is 371 g/mol. The zero-order chi connectivity index (χ0) is 18.7. The molecule has 0 spiro atoms. The summed E-state index contributed by atoms with van der Waals surface area (Å²) in [4.78, 5) is 18.1. The van der Waals surface area contributed by atoms with Gasteiger partial charge in [0.15, 0.2) is 0 Å². The highest BCUT2D eigenvalue weighted by Gasteiger charge is 2.28. The van der Waals surface area contributed by atoms with Crippen molar-refractivity contribution in [3.63, 3.8) is 0 Å². The van der Waals surface area contributed by atoms with E-state index in [1.165, 1.54) is 17.4 Å². The maximum Gasteiger partial charge on any atom is 0.264 e. The van der Waals surface area contributed by atoms with Crippen LogP contribution in [-0.4, -0.2) is 47.9 Å². The molecule has 0 aliphatic carbocycles. The average Bonchev–Trinajstić information content (AvgIpc) is 3.12. The van der Waals surface area contributed by atoms with E-state index < -0.39 is 0 Å². The van der Waals surface area contributed by atoms with Crippen LogP contribution < -0.4 is 0 Å². The summed E-state index contributed by atoms with van der Waals surface area (Å²) in [6, 6.07) is 12.4. The molecule has 1 aromatic carbocycles. The first kappa shape index (κ1) is 18.6. The Balaban J connectivity index is 1.67. The molecule has 1 aliphatic heterocycles. The van der Waals surface area contributed by atoms with E-state index in [0.717, 1.165) is 4.88 Å². The summed E-state index contributed by atoms with van der Waals surface area (Å²) in [6.07, 6.45) is 0. The molecule has 0 bridgehead atoms. The predicted octanol–water partition coefficient (Wildman–Crippen LogP) is 3.86. The number of nitriles is 1. The first-order chi connectivity index (χ1) is 12.5. The Labute approximate surface area is 157 Å². The Kier molecular flexibility index (Phi) is 5.70. The highest BCUT2D eigenvalue weighted by Crippen LogP contribution is 2.30. The van der Waals surface area contributed by atoms with Crippen LogP contribution in [0.25, 0.3) is 10.4 Å². The molecule has 136 valence electrons. The number of piperazine rings is 1. The largest absolute Gasteiger partial charge is 0.335 e. The van der Waals surface area contributed by atoms with Crippen LogP contribution in [0.5, 0.6) is 0 Å². The smallest absolute Gasteiger partial charge is 0.264 e. The Morgan fingerprint density at radius 3 is 2.46 bits per heavy atom. The van der Waals surface area contributed by atoms with Gasteiger partial charge in [-0.05, 0) is 24.1 Å². The predicted molar refractivity (Wildman–Crippen MR) is 101 cm³/mol. The second-order valence-electron chi connectivity index (χ2n) is 6.79. The molecule has 0 N–H and O–H groups in total. The first-order valence-corrected chi connectivity index (χ1v) is 9.60. The minimum Gasteiger partial charge on any atom is -0.335 e. The van der Waals surface area contributed by atoms with Crippen LogP contribution in [0, 0.1) is 23.1 Å². The fourth-order valence-corrected chi connectivity index (χ4v) is 4.27. The molecule has 2 aromatic rings. The number of benzene rings is 1. The highest BCUT2D eigenvalue weighted by atomic mass is 32.1. The fraction of sp³-hybridized carbons (Fsp3) is 0.400. The molecular weight excluding hydrogens is 349 g/mol. The van der Waals surface area contributed by atoms with Crippen LogP contribution in [0.2, 0.25) is 0 Å². The van der Waals surface area contributed by atoms with Gasteiger partial charge in [0.05, 0.1) is 10.9 Å². The number of carbonyl (C=O) groups is 1. The number of rotatable bonds is 4. The fourth-order valence-electron chi connectivity index (χ4n) is 3.27. The van der Waals surface area contributed by atoms with E-state index in [1.54, 1.807) is 30.3 Å². The van der Waals surface area contributed by atoms with Crippen molar-refractivity contribution in [1.82, 2.24) is 9.80 Å². The zero-order valence-electron chi connectivity index (χ0n) is 15.0. The Hall–Kier alpha value is -2.23. The molecule has 1 saturated heterocycles. The number of halogens is 1. The van der Waals surface area contributed by atoms with Crippen molar-refractivity contribution in [2.24, 2.45) is 5.92 Å². The molecule has 1 unspecified atom stereocenters. The van der Waals surface area contributed by atoms with Gasteiger partial charge in [0.25, 0.3) is 5.91 Å². The van der Waals surface area contributed by atoms with Crippen molar-refractivity contribution >= 4 is 17.2 Å². The van der Waals surface area contributed by atoms with Crippen LogP contribution in [0.4, 0.5) is 4.39 Å². The number of hydrogen-bond acceptors (Lipinski definition) is 4. The van der Waals surface area contributed by atoms with Gasteiger partial charge in [-0.2, -0.15) is 5.26 Å². The first-order valence-electron chi connectivity index (χ1n) is 8.79. The molecule has 26 heavy (non-hydrogen) atoms. The lowest BCUT2D eigenvalue weighted by molar-refractivity contribution is 0.0581. The Morgan fingerprint density at radius 2 is 1.85 bits per heavy atom. The summed E-state index contributed by atoms with van der Waals surface area (Å²) in [5, 5.41) is 9.33. The van der Waals surface area contributed by atoms with Crippen molar-refractivity contribution in [3.05, 3.63) is 47.1 Å². The Bertz CT molecular complexity index is 818. The standard InChI is InChI=1S/C20H22FN3OS/c1-14(2)17(13-22)23-9-11-24(12-10-23)20(25)19-8-7-18(26-19)15-5-3-4-6-16(15)21/h3-8,14,17H,9-12H2,1-2H3. The summed E-state index contributed by atoms with van der Waals surface area (Å²) in [7, 11) is 0. The molecule has 1 aliphatic rings. The molecule has 4 nitrogen and oxygen atoms in total. The van der Waals surface area contributed by atoms with Gasteiger partial charge in [0, 0.05) is 36.6 Å². The van der Waals surface area contributed by atoms with E-state index in [-0.39, 0.29) is 23.7 Å². The van der Waals surface area contributed by atoms with Gasteiger partial charge in [0.2, 0.25) is 0 Å². The summed E-state index contributed by atoms with van der Waals surface area (Å²) >= 11 is 1.32. The second kappa shape index (κ2) is 7.98. The van der Waals surface area contributed by atoms with Gasteiger partial charge < -0.3 is 4.90 Å². The van der Waals surface area contributed by atoms with E-state index in [2.05, 4.69) is 11.0 Å². The van der Waals surface area contributed by atoms with Gasteiger partial charge in [-0.25, -0.2) is 4.39 Å². The summed E-state index contributed by atoms with van der Waals surface area (Å²) in [5.74, 6) is -0.0311. The number of hydrogen-bond donors (Lipinski definition) is 0. The van der Waals surface area contributed by atoms with E-state index in [4.69, 9.17) is 0 Å². The van der Waals surface area contributed by atoms with E-state index in [1.807, 2.05) is 18.7 Å². The van der Waals surface area contributed by atoms with E-state index in [0.29, 0.717) is 36.6 Å². The molecule has 0 radical (unpaired) electrons. The SMILES string of the molecule is CC(C)C(C#N)N1CCN(C(=O)c2ccc(-c3ccccc3F)s2)CC1. The van der Waals surface area contributed by atoms with Crippen LogP contribution in [0.15, 0.2) is 36.4 Å². The van der Waals surface area contributed by atoms with Gasteiger partial charge in [0.1, 0.15) is 11.9 Å². The average molecular weight is 371 g/mol. The molecular formula is C20H22FN3OS. The zero-order valence-corrected chi connectivity index (χ0v) is 15.8. The molecule has 6 heteroatoms. The van der Waals surface area contributed by atoms with Gasteiger partial charge >= 0.3 is 0 Å². The summed E-state index contributed by atoms with van der Waals surface area (Å²) in [5.41, 5.74) is 0.523. The van der Waals surface area contributed by atoms with E-state index in [9.17, 15) is 14.4 Å². The van der Waals surface area contributed by atoms with E-state index >= 15 is 0 Å². The maximum atomic E-state index is 13.9. The number of thiophene rings is 1. The number of amides is 1. The molecule has 1 amide bonds. The van der Waals surface area contributed by atoms with Crippen LogP contribution >= 0.6 is 11.3 Å². The van der Waals surface area contributed by atoms with Gasteiger partial charge in [-0.15, -0.1) is 11.3 Å². The quantitative estimate of drug-likeness (QED) is 0.820. The van der Waals surface area contributed by atoms with Crippen LogP contribution in [0.1, 0.15) is 23.5 Å². The summed E-state index contributed by atoms with van der Waals surface area (Å²) in [6.45, 7) is 6.71. The van der Waals surface area contributed by atoms with Crippen molar-refractivity contribution in [1.29, 1.82) is 5.26 Å². The van der Waals surface area contributed by atoms with Crippen molar-refractivity contribution in [2.75, 3.05) is 26.2 Å². The molecule has 1 atom stereocenters. The maximum absolute atomic E-state index is 13.9. The highest BCUT2D eigenvalue weighted by molar-refractivity contribution is 7.17. The molecule has 3 rings (SSSR count). The molecule has 1 fully saturated rings. The number of nitrogens with zero attached hydrogens (tertiary/aromatic N) is 3. The third-order valence-electron chi connectivity index (χ3n) is 4.71. The van der Waals surface area contributed by atoms with Crippen molar-refractivity contribution in [3.8, 4) is 16.5 Å². The number of carbonyl (C=O) groups excluding carboxylic acids is 1. The Morgan fingerprint density at radius 1 is 1.15 bits per heavy atom. The molecule has 2 heterocycles. The van der Waals surface area contributed by atoms with Crippen LogP contribution in [0.3, 0.4) is 0 Å². The normalized spacial score (nSPS) is 16.5. The lowest BCUT2D eigenvalue weighted by atomic mass is 10.0. The minimum absolute atomic E-state index is 0.0182. The van der Waals surface area contributed by atoms with Gasteiger partial charge in [-0.3, -0.25) is 9.69 Å². The molecule has 0 saturated carbocycles. The summed E-state index contributed by atoms with van der Waals surface area (Å²) < 4.78 is 13.9. The minimum atomic E-state index is -0.279. The van der Waals surface area contributed by atoms with Gasteiger partial charge in [-0.1, -0.05) is 32.0 Å². The van der Waals surface area contributed by atoms with Crippen molar-refractivity contribution < 1.29 is 9.18 Å². The van der Waals surface area contributed by atoms with Crippen LogP contribution in [-0.2, 0) is 0 Å². The lowest BCUT2D eigenvalue weighted by Gasteiger charge is -2.38. The van der Waals surface area contributed by atoms with Crippen molar-refractivity contribution in [2.45, 2.75) is 19.9 Å². The third-order valence-corrected chi connectivity index (χ3v) is 5.82. The second-order valence-corrected chi connectivity index (χ2v) is 7.87. The third kappa shape index (κ3) is 3.79. The molecule has 1 aromatic heterocycles. The lowest BCUT2D eigenvalue weighted by Crippen LogP contribution is -2.52.